The first-order valence-electron chi connectivity index (χ1n) is 2.49. The van der Waals surface area contributed by atoms with Crippen molar-refractivity contribution >= 4 is 22.6 Å². The molecule has 0 N–H and O–H groups in total. The van der Waals surface area contributed by atoms with Gasteiger partial charge in [0.1, 0.15) is 0 Å². The molecule has 0 saturated carbocycles. The molecule has 0 aromatic carbocycles. The molecule has 0 saturated heterocycles. The fourth-order valence-corrected chi connectivity index (χ4v) is 0. The van der Waals surface area contributed by atoms with Gasteiger partial charge in [0.25, 0.3) is 0 Å². The SMILES string of the molecule is CI.COC(C)(C)C. The number of hydrogen-bond donors (Lipinski definition) is 0. The van der Waals surface area contributed by atoms with Crippen molar-refractivity contribution in [2.24, 2.45) is 0 Å². The summed E-state index contributed by atoms with van der Waals surface area (Å²) < 4.78 is 4.94. The van der Waals surface area contributed by atoms with Gasteiger partial charge in [0.15, 0.2) is 0 Å². The molecule has 0 atom stereocenters. The molecule has 0 amide bonds. The minimum atomic E-state index is 0.0417. The van der Waals surface area contributed by atoms with Crippen LogP contribution in [0.15, 0.2) is 0 Å². The predicted octanol–water partition coefficient (Wildman–Crippen LogP) is 2.48. The van der Waals surface area contributed by atoms with Gasteiger partial charge < -0.3 is 4.74 Å². The summed E-state index contributed by atoms with van der Waals surface area (Å²) in [5.41, 5.74) is 0.0417. The Morgan fingerprint density at radius 1 is 1.12 bits per heavy atom. The third kappa shape index (κ3) is 15.9. The summed E-state index contributed by atoms with van der Waals surface area (Å²) in [6.07, 6.45) is 0. The first kappa shape index (κ1) is 11.5. The maximum absolute atomic E-state index is 4.94. The Morgan fingerprint density at radius 3 is 1.25 bits per heavy atom. The molecule has 0 unspecified atom stereocenters. The van der Waals surface area contributed by atoms with E-state index in [1.54, 1.807) is 7.11 Å². The van der Waals surface area contributed by atoms with Gasteiger partial charge >= 0.3 is 0 Å². The van der Waals surface area contributed by atoms with E-state index in [1.807, 2.05) is 25.7 Å². The first-order valence-corrected chi connectivity index (χ1v) is 4.65. The second-order valence-electron chi connectivity index (χ2n) is 2.32. The predicted molar refractivity (Wildman–Crippen MR) is 46.7 cm³/mol. The van der Waals surface area contributed by atoms with Crippen LogP contribution < -0.4 is 0 Å². The molecule has 0 aliphatic rings. The molecule has 0 heterocycles. The van der Waals surface area contributed by atoms with Crippen molar-refractivity contribution in [1.29, 1.82) is 0 Å². The van der Waals surface area contributed by atoms with Crippen LogP contribution in [0, 0.1) is 0 Å². The number of ether oxygens (including phenoxy) is 1. The zero-order chi connectivity index (χ0) is 7.21. The molecule has 0 rings (SSSR count). The monoisotopic (exact) mass is 230 g/mol. The number of halogens is 1. The van der Waals surface area contributed by atoms with Gasteiger partial charge in [-0.3, -0.25) is 0 Å². The normalized spacial score (nSPS) is 9.75. The van der Waals surface area contributed by atoms with Crippen LogP contribution in [0.4, 0.5) is 0 Å². The lowest BCUT2D eigenvalue weighted by Crippen LogP contribution is -2.15. The first-order chi connectivity index (χ1) is 3.56. The third-order valence-electron chi connectivity index (χ3n) is 0.612. The molecule has 8 heavy (non-hydrogen) atoms. The minimum absolute atomic E-state index is 0.0417. The average molecular weight is 230 g/mol. The average Bonchev–Trinajstić information content (AvgIpc) is 1.71. The van der Waals surface area contributed by atoms with Crippen molar-refractivity contribution in [3.8, 4) is 0 Å². The van der Waals surface area contributed by atoms with E-state index in [0.717, 1.165) is 0 Å². The maximum Gasteiger partial charge on any atom is 0.0594 e. The summed E-state index contributed by atoms with van der Waals surface area (Å²) in [6.45, 7) is 6.06. The molecule has 0 aromatic heterocycles. The molecular formula is C6H15IO. The van der Waals surface area contributed by atoms with Crippen molar-refractivity contribution in [2.75, 3.05) is 12.0 Å². The van der Waals surface area contributed by atoms with Crippen LogP contribution in [0.3, 0.4) is 0 Å². The van der Waals surface area contributed by atoms with Gasteiger partial charge in [-0.15, -0.1) is 0 Å². The van der Waals surface area contributed by atoms with E-state index < -0.39 is 0 Å². The van der Waals surface area contributed by atoms with Crippen LogP contribution in [-0.2, 0) is 4.74 Å². The van der Waals surface area contributed by atoms with Gasteiger partial charge in [-0.05, 0) is 25.7 Å². The summed E-state index contributed by atoms with van der Waals surface area (Å²) in [4.78, 5) is 1.97. The van der Waals surface area contributed by atoms with Gasteiger partial charge in [-0.2, -0.15) is 0 Å². The van der Waals surface area contributed by atoms with Crippen LogP contribution in [0.5, 0.6) is 0 Å². The Kier molecular flexibility index (Phi) is 8.35. The van der Waals surface area contributed by atoms with E-state index in [9.17, 15) is 0 Å². The summed E-state index contributed by atoms with van der Waals surface area (Å²) in [5.74, 6) is 0. The van der Waals surface area contributed by atoms with Crippen LogP contribution in [0.25, 0.3) is 0 Å². The Labute approximate surface area is 65.9 Å². The zero-order valence-electron chi connectivity index (χ0n) is 6.29. The van der Waals surface area contributed by atoms with Crippen molar-refractivity contribution in [3.05, 3.63) is 0 Å². The van der Waals surface area contributed by atoms with Gasteiger partial charge in [0.05, 0.1) is 5.60 Å². The molecule has 2 heteroatoms. The molecule has 0 aromatic rings. The van der Waals surface area contributed by atoms with E-state index in [-0.39, 0.29) is 5.60 Å². The second-order valence-corrected chi connectivity index (χ2v) is 2.32. The molecule has 0 radical (unpaired) electrons. The van der Waals surface area contributed by atoms with Crippen molar-refractivity contribution in [2.45, 2.75) is 26.4 Å². The largest absolute Gasteiger partial charge is 0.379 e. The lowest BCUT2D eigenvalue weighted by atomic mass is 10.2. The standard InChI is InChI=1S/C5H12O.CH3I/c1-5(2,3)6-4;1-2/h1-4H3;1H3. The second kappa shape index (κ2) is 5.82. The van der Waals surface area contributed by atoms with Crippen LogP contribution in [0.2, 0.25) is 0 Å². The quantitative estimate of drug-likeness (QED) is 0.459. The fourth-order valence-electron chi connectivity index (χ4n) is 0. The number of hydrogen-bond acceptors (Lipinski definition) is 1. The summed E-state index contributed by atoms with van der Waals surface area (Å²) in [5, 5.41) is 0. The lowest BCUT2D eigenvalue weighted by Gasteiger charge is -2.14. The van der Waals surface area contributed by atoms with E-state index in [0.29, 0.717) is 0 Å². The highest BCUT2D eigenvalue weighted by atomic mass is 127. The van der Waals surface area contributed by atoms with E-state index in [2.05, 4.69) is 22.6 Å². The van der Waals surface area contributed by atoms with E-state index in [4.69, 9.17) is 4.74 Å². The third-order valence-corrected chi connectivity index (χ3v) is 0.612. The van der Waals surface area contributed by atoms with Crippen LogP contribution in [0.1, 0.15) is 20.8 Å². The highest BCUT2D eigenvalue weighted by Crippen LogP contribution is 2.02. The molecule has 0 aliphatic carbocycles. The van der Waals surface area contributed by atoms with Gasteiger partial charge in [0, 0.05) is 7.11 Å². The number of rotatable bonds is 0. The molecule has 0 fully saturated rings. The molecule has 52 valence electrons. The smallest absolute Gasteiger partial charge is 0.0594 e. The highest BCUT2D eigenvalue weighted by molar-refractivity contribution is 14.1. The van der Waals surface area contributed by atoms with E-state index in [1.165, 1.54) is 0 Å². The number of alkyl halides is 1. The molecule has 0 bridgehead atoms. The summed E-state index contributed by atoms with van der Waals surface area (Å²) in [6, 6.07) is 0. The van der Waals surface area contributed by atoms with Gasteiger partial charge in [-0.25, -0.2) is 0 Å². The van der Waals surface area contributed by atoms with Gasteiger partial charge in [-0.1, -0.05) is 22.6 Å². The summed E-state index contributed by atoms with van der Waals surface area (Å²) in [7, 11) is 1.71. The summed E-state index contributed by atoms with van der Waals surface area (Å²) >= 11 is 2.15. The molecule has 0 spiro atoms. The maximum atomic E-state index is 4.94. The Hall–Kier alpha value is 0.690. The van der Waals surface area contributed by atoms with Crippen molar-refractivity contribution in [3.63, 3.8) is 0 Å². The molecule has 0 aliphatic heterocycles. The zero-order valence-corrected chi connectivity index (χ0v) is 8.44. The lowest BCUT2D eigenvalue weighted by molar-refractivity contribution is 0.0397. The highest BCUT2D eigenvalue weighted by Gasteiger charge is 2.03. The number of methoxy groups -OCH3 is 1. The molecular weight excluding hydrogens is 215 g/mol. The topological polar surface area (TPSA) is 9.23 Å². The minimum Gasteiger partial charge on any atom is -0.379 e. The van der Waals surface area contributed by atoms with E-state index >= 15 is 0 Å². The van der Waals surface area contributed by atoms with Crippen molar-refractivity contribution in [1.82, 2.24) is 0 Å². The Morgan fingerprint density at radius 2 is 1.25 bits per heavy atom. The molecule has 1 nitrogen and oxygen atoms in total. The van der Waals surface area contributed by atoms with Crippen LogP contribution in [-0.4, -0.2) is 17.6 Å². The van der Waals surface area contributed by atoms with Crippen molar-refractivity contribution < 1.29 is 4.74 Å². The van der Waals surface area contributed by atoms with Gasteiger partial charge in [0.2, 0.25) is 0 Å². The Bertz CT molecular complexity index is 38.3. The van der Waals surface area contributed by atoms with Crippen LogP contribution >= 0.6 is 22.6 Å². The fraction of sp³-hybridized carbons (Fsp3) is 1.00. The Balaban J connectivity index is 0.